The molecule has 1 atom stereocenters. The van der Waals surface area contributed by atoms with Gasteiger partial charge in [-0.1, -0.05) is 20.8 Å². The fourth-order valence-electron chi connectivity index (χ4n) is 1.42. The molecule has 1 heterocycles. The number of anilines is 1. The van der Waals surface area contributed by atoms with Gasteiger partial charge in [0, 0.05) is 18.7 Å². The van der Waals surface area contributed by atoms with Crippen molar-refractivity contribution in [3.8, 4) is 0 Å². The molecule has 0 aliphatic heterocycles. The Hall–Kier alpha value is -1.42. The molecule has 1 aromatic heterocycles. The molecule has 0 amide bonds. The number of carbonyl (C=O) groups is 1. The van der Waals surface area contributed by atoms with Crippen molar-refractivity contribution in [3.63, 3.8) is 0 Å². The zero-order valence-corrected chi connectivity index (χ0v) is 10.9. The molecule has 0 saturated heterocycles. The summed E-state index contributed by atoms with van der Waals surface area (Å²) in [6, 6.07) is 1.58. The lowest BCUT2D eigenvalue weighted by Crippen LogP contribution is -2.37. The van der Waals surface area contributed by atoms with Crippen molar-refractivity contribution in [1.29, 1.82) is 0 Å². The van der Waals surface area contributed by atoms with Crippen molar-refractivity contribution in [2.75, 3.05) is 5.73 Å². The van der Waals surface area contributed by atoms with Gasteiger partial charge in [0.2, 0.25) is 0 Å². The lowest BCUT2D eigenvalue weighted by atomic mass is 9.83. The lowest BCUT2D eigenvalue weighted by Gasteiger charge is -2.26. The summed E-state index contributed by atoms with van der Waals surface area (Å²) in [7, 11) is 0. The number of rotatable bonds is 3. The third-order valence-corrected chi connectivity index (χ3v) is 2.87. The summed E-state index contributed by atoms with van der Waals surface area (Å²) >= 11 is 0. The maximum Gasteiger partial charge on any atom is 0.168 e. The molecule has 0 aliphatic carbocycles. The number of aromatic nitrogens is 1. The highest BCUT2D eigenvalue weighted by Gasteiger charge is 2.24. The van der Waals surface area contributed by atoms with Crippen LogP contribution < -0.4 is 11.5 Å². The minimum atomic E-state index is -0.185. The smallest absolute Gasteiger partial charge is 0.168 e. The van der Waals surface area contributed by atoms with Crippen LogP contribution in [0.2, 0.25) is 0 Å². The second-order valence-corrected chi connectivity index (χ2v) is 5.55. The summed E-state index contributed by atoms with van der Waals surface area (Å²) in [5, 5.41) is 0. The number of ketones is 1. The van der Waals surface area contributed by atoms with E-state index in [9.17, 15) is 4.79 Å². The van der Waals surface area contributed by atoms with Gasteiger partial charge in [0.15, 0.2) is 5.78 Å². The van der Waals surface area contributed by atoms with E-state index in [1.165, 1.54) is 0 Å². The zero-order valence-electron chi connectivity index (χ0n) is 10.9. The molecule has 94 valence electrons. The van der Waals surface area contributed by atoms with Crippen molar-refractivity contribution in [2.24, 2.45) is 11.1 Å². The van der Waals surface area contributed by atoms with Crippen LogP contribution in [0.4, 0.5) is 5.82 Å². The maximum absolute atomic E-state index is 12.1. The van der Waals surface area contributed by atoms with Gasteiger partial charge in [0.25, 0.3) is 0 Å². The Kier molecular flexibility index (Phi) is 3.88. The summed E-state index contributed by atoms with van der Waals surface area (Å²) in [6.45, 7) is 7.93. The number of pyridine rings is 1. The second-order valence-electron chi connectivity index (χ2n) is 5.55. The topological polar surface area (TPSA) is 82.0 Å². The molecule has 0 fully saturated rings. The first-order valence-corrected chi connectivity index (χ1v) is 5.72. The molecule has 1 rings (SSSR count). The van der Waals surface area contributed by atoms with E-state index in [4.69, 9.17) is 11.5 Å². The van der Waals surface area contributed by atoms with Crippen LogP contribution in [0.5, 0.6) is 0 Å². The van der Waals surface area contributed by atoms with Crippen molar-refractivity contribution < 1.29 is 4.79 Å². The van der Waals surface area contributed by atoms with E-state index in [1.807, 2.05) is 27.7 Å². The van der Waals surface area contributed by atoms with E-state index in [2.05, 4.69) is 4.98 Å². The molecule has 0 bridgehead atoms. The molecule has 0 aliphatic rings. The number of Topliss-reactive ketones (excluding diaryl/α,β-unsaturated/α-hetero) is 1. The SMILES string of the molecule is Cc1cnc(N)c(C(=O)CC(N)C(C)(C)C)c1. The Morgan fingerprint density at radius 1 is 1.47 bits per heavy atom. The van der Waals surface area contributed by atoms with Gasteiger partial charge in [-0.3, -0.25) is 4.79 Å². The molecule has 17 heavy (non-hydrogen) atoms. The summed E-state index contributed by atoms with van der Waals surface area (Å²) in [5.41, 5.74) is 13.0. The van der Waals surface area contributed by atoms with Crippen LogP contribution >= 0.6 is 0 Å². The minimum Gasteiger partial charge on any atom is -0.383 e. The molecule has 0 spiro atoms. The van der Waals surface area contributed by atoms with Crippen LogP contribution in [0.1, 0.15) is 43.1 Å². The van der Waals surface area contributed by atoms with Crippen molar-refractivity contribution in [3.05, 3.63) is 23.4 Å². The Labute approximate surface area is 102 Å². The molecule has 4 heteroatoms. The highest BCUT2D eigenvalue weighted by atomic mass is 16.1. The van der Waals surface area contributed by atoms with E-state index >= 15 is 0 Å². The van der Waals surface area contributed by atoms with Gasteiger partial charge < -0.3 is 11.5 Å². The molecule has 4 N–H and O–H groups in total. The molecule has 0 radical (unpaired) electrons. The van der Waals surface area contributed by atoms with E-state index in [-0.39, 0.29) is 23.1 Å². The van der Waals surface area contributed by atoms with Crippen molar-refractivity contribution in [2.45, 2.75) is 40.2 Å². The number of nitrogen functional groups attached to an aromatic ring is 1. The Morgan fingerprint density at radius 3 is 2.59 bits per heavy atom. The van der Waals surface area contributed by atoms with E-state index in [0.717, 1.165) is 5.56 Å². The number of nitrogens with two attached hydrogens (primary N) is 2. The Balaban J connectivity index is 2.87. The van der Waals surface area contributed by atoms with Crippen molar-refractivity contribution >= 4 is 11.6 Å². The first kappa shape index (κ1) is 13.6. The highest BCUT2D eigenvalue weighted by molar-refractivity contribution is 6.00. The average molecular weight is 235 g/mol. The van der Waals surface area contributed by atoms with Crippen LogP contribution in [-0.2, 0) is 0 Å². The fraction of sp³-hybridized carbons (Fsp3) is 0.538. The largest absolute Gasteiger partial charge is 0.383 e. The third-order valence-electron chi connectivity index (χ3n) is 2.87. The lowest BCUT2D eigenvalue weighted by molar-refractivity contribution is 0.0954. The van der Waals surface area contributed by atoms with Crippen LogP contribution in [0.15, 0.2) is 12.3 Å². The fourth-order valence-corrected chi connectivity index (χ4v) is 1.42. The van der Waals surface area contributed by atoms with Gasteiger partial charge >= 0.3 is 0 Å². The third kappa shape index (κ3) is 3.53. The first-order valence-electron chi connectivity index (χ1n) is 5.72. The van der Waals surface area contributed by atoms with Gasteiger partial charge in [-0.05, 0) is 24.0 Å². The monoisotopic (exact) mass is 235 g/mol. The summed E-state index contributed by atoms with van der Waals surface area (Å²) in [5.74, 6) is 0.239. The average Bonchev–Trinajstić information content (AvgIpc) is 2.20. The quantitative estimate of drug-likeness (QED) is 0.784. The number of hydrogen-bond acceptors (Lipinski definition) is 4. The molecular formula is C13H21N3O. The predicted molar refractivity (Wildman–Crippen MR) is 69.8 cm³/mol. The van der Waals surface area contributed by atoms with E-state index in [0.29, 0.717) is 12.0 Å². The first-order chi connectivity index (χ1) is 7.71. The number of carbonyl (C=O) groups excluding carboxylic acids is 1. The zero-order chi connectivity index (χ0) is 13.2. The van der Waals surface area contributed by atoms with E-state index < -0.39 is 0 Å². The van der Waals surface area contributed by atoms with Crippen LogP contribution in [0.3, 0.4) is 0 Å². The molecule has 1 unspecified atom stereocenters. The van der Waals surface area contributed by atoms with Gasteiger partial charge in [-0.2, -0.15) is 0 Å². The molecule has 1 aromatic rings. The molecule has 4 nitrogen and oxygen atoms in total. The van der Waals surface area contributed by atoms with Gasteiger partial charge in [0.1, 0.15) is 5.82 Å². The normalized spacial score (nSPS) is 13.5. The summed E-state index contributed by atoms with van der Waals surface area (Å²) < 4.78 is 0. The molecular weight excluding hydrogens is 214 g/mol. The van der Waals surface area contributed by atoms with Crippen molar-refractivity contribution in [1.82, 2.24) is 4.98 Å². The maximum atomic E-state index is 12.1. The second kappa shape index (κ2) is 4.84. The standard InChI is InChI=1S/C13H21N3O/c1-8-5-9(12(15)16-7-8)10(17)6-11(14)13(2,3)4/h5,7,11H,6,14H2,1-4H3,(H2,15,16). The van der Waals surface area contributed by atoms with Gasteiger partial charge in [0.05, 0.1) is 5.56 Å². The van der Waals surface area contributed by atoms with Crippen LogP contribution in [0, 0.1) is 12.3 Å². The minimum absolute atomic E-state index is 0.0406. The van der Waals surface area contributed by atoms with Crippen LogP contribution in [-0.4, -0.2) is 16.8 Å². The molecule has 0 saturated carbocycles. The van der Waals surface area contributed by atoms with Gasteiger partial charge in [-0.15, -0.1) is 0 Å². The predicted octanol–water partition coefficient (Wildman–Crippen LogP) is 1.92. The summed E-state index contributed by atoms with van der Waals surface area (Å²) in [4.78, 5) is 16.1. The molecule has 0 aromatic carbocycles. The summed E-state index contributed by atoms with van der Waals surface area (Å²) in [6.07, 6.45) is 1.94. The number of aryl methyl sites for hydroxylation is 1. The van der Waals surface area contributed by atoms with Crippen LogP contribution in [0.25, 0.3) is 0 Å². The number of nitrogens with zero attached hydrogens (tertiary/aromatic N) is 1. The number of hydrogen-bond donors (Lipinski definition) is 2. The highest BCUT2D eigenvalue weighted by Crippen LogP contribution is 2.22. The van der Waals surface area contributed by atoms with E-state index in [1.54, 1.807) is 12.3 Å². The Bertz CT molecular complexity index is 421. The van der Waals surface area contributed by atoms with Gasteiger partial charge in [-0.25, -0.2) is 4.98 Å². The Morgan fingerprint density at radius 2 is 2.06 bits per heavy atom.